The molecule has 1 aromatic carbocycles. The summed E-state index contributed by atoms with van der Waals surface area (Å²) in [6, 6.07) is 9.29. The average Bonchev–Trinajstić information content (AvgIpc) is 3.21. The number of anilines is 1. The average molecular weight is 315 g/mol. The molecule has 2 unspecified atom stereocenters. The van der Waals surface area contributed by atoms with Crippen molar-refractivity contribution in [3.05, 3.63) is 42.7 Å². The highest BCUT2D eigenvalue weighted by molar-refractivity contribution is 5.93. The molecule has 2 atom stereocenters. The van der Waals surface area contributed by atoms with Gasteiger partial charge >= 0.3 is 0 Å². The van der Waals surface area contributed by atoms with E-state index in [-0.39, 0.29) is 12.0 Å². The summed E-state index contributed by atoms with van der Waals surface area (Å²) in [6.45, 7) is 3.26. The molecule has 0 spiro atoms. The lowest BCUT2D eigenvalue weighted by Crippen LogP contribution is -2.30. The van der Waals surface area contributed by atoms with Crippen LogP contribution in [0.2, 0.25) is 0 Å². The Morgan fingerprint density at radius 2 is 2.30 bits per heavy atom. The smallest absolute Gasteiger partial charge is 0.265 e. The lowest BCUT2D eigenvalue weighted by atomic mass is 10.2. The van der Waals surface area contributed by atoms with Crippen molar-refractivity contribution in [3.8, 4) is 5.75 Å². The van der Waals surface area contributed by atoms with Gasteiger partial charge in [0.25, 0.3) is 5.91 Å². The minimum absolute atomic E-state index is 0.203. The van der Waals surface area contributed by atoms with Crippen LogP contribution in [0.5, 0.6) is 5.75 Å². The number of hydrogen-bond donors (Lipinski definition) is 1. The second-order valence-corrected chi connectivity index (χ2v) is 5.65. The predicted molar refractivity (Wildman–Crippen MR) is 86.4 cm³/mol. The number of hydrogen-bond acceptors (Lipinski definition) is 4. The zero-order valence-corrected chi connectivity index (χ0v) is 13.1. The summed E-state index contributed by atoms with van der Waals surface area (Å²) < 4.78 is 13.0. The van der Waals surface area contributed by atoms with Crippen molar-refractivity contribution in [2.45, 2.75) is 38.5 Å². The molecule has 1 aromatic heterocycles. The molecule has 0 saturated carbocycles. The fourth-order valence-electron chi connectivity index (χ4n) is 2.53. The van der Waals surface area contributed by atoms with Gasteiger partial charge in [0, 0.05) is 12.8 Å². The summed E-state index contributed by atoms with van der Waals surface area (Å²) in [5.41, 5.74) is 0.663. The Balaban J connectivity index is 1.52. The number of benzene rings is 1. The summed E-state index contributed by atoms with van der Waals surface area (Å²) in [5, 5.41) is 7.08. The van der Waals surface area contributed by atoms with Crippen molar-refractivity contribution in [2.24, 2.45) is 0 Å². The first-order chi connectivity index (χ1) is 11.2. The van der Waals surface area contributed by atoms with Gasteiger partial charge in [-0.05, 0) is 31.9 Å². The van der Waals surface area contributed by atoms with Gasteiger partial charge in [0.15, 0.2) is 6.10 Å². The van der Waals surface area contributed by atoms with Crippen LogP contribution in [0.15, 0.2) is 42.7 Å². The molecular weight excluding hydrogens is 294 g/mol. The Morgan fingerprint density at radius 3 is 3.04 bits per heavy atom. The molecule has 2 aromatic rings. The SMILES string of the molecule is CC(Oc1ccccc1)C(=O)Nc1cnn(CC2CCCO2)c1. The van der Waals surface area contributed by atoms with Crippen LogP contribution in [0.4, 0.5) is 5.69 Å². The van der Waals surface area contributed by atoms with Crippen molar-refractivity contribution >= 4 is 11.6 Å². The van der Waals surface area contributed by atoms with Gasteiger partial charge in [-0.3, -0.25) is 9.48 Å². The van der Waals surface area contributed by atoms with Gasteiger partial charge in [-0.25, -0.2) is 0 Å². The topological polar surface area (TPSA) is 65.4 Å². The summed E-state index contributed by atoms with van der Waals surface area (Å²) in [6.07, 6.45) is 5.25. The summed E-state index contributed by atoms with van der Waals surface area (Å²) in [4.78, 5) is 12.2. The number of nitrogens with zero attached hydrogens (tertiary/aromatic N) is 2. The first-order valence-electron chi connectivity index (χ1n) is 7.87. The third-order valence-corrected chi connectivity index (χ3v) is 3.74. The van der Waals surface area contributed by atoms with Crippen LogP contribution < -0.4 is 10.1 Å². The first-order valence-corrected chi connectivity index (χ1v) is 7.87. The summed E-state index contributed by atoms with van der Waals surface area (Å²) >= 11 is 0. The van der Waals surface area contributed by atoms with Gasteiger partial charge in [-0.1, -0.05) is 18.2 Å². The maximum absolute atomic E-state index is 12.2. The molecule has 1 aliphatic heterocycles. The predicted octanol–water partition coefficient (Wildman–Crippen LogP) is 2.47. The van der Waals surface area contributed by atoms with Gasteiger partial charge in [0.1, 0.15) is 5.75 Å². The van der Waals surface area contributed by atoms with Gasteiger partial charge in [0.2, 0.25) is 0 Å². The van der Waals surface area contributed by atoms with E-state index < -0.39 is 6.10 Å². The summed E-state index contributed by atoms with van der Waals surface area (Å²) in [5.74, 6) is 0.467. The van der Waals surface area contributed by atoms with Crippen LogP contribution in [-0.4, -0.2) is 34.5 Å². The quantitative estimate of drug-likeness (QED) is 0.889. The number of nitrogens with one attached hydrogen (secondary N) is 1. The van der Waals surface area contributed by atoms with E-state index in [1.807, 2.05) is 36.5 Å². The number of rotatable bonds is 6. The third-order valence-electron chi connectivity index (χ3n) is 3.74. The van der Waals surface area contributed by atoms with E-state index in [4.69, 9.17) is 9.47 Å². The van der Waals surface area contributed by atoms with Crippen LogP contribution >= 0.6 is 0 Å². The highest BCUT2D eigenvalue weighted by atomic mass is 16.5. The second-order valence-electron chi connectivity index (χ2n) is 5.65. The van der Waals surface area contributed by atoms with Crippen LogP contribution in [0.25, 0.3) is 0 Å². The number of carbonyl (C=O) groups is 1. The third kappa shape index (κ3) is 4.32. The Labute approximate surface area is 135 Å². The lowest BCUT2D eigenvalue weighted by Gasteiger charge is -2.13. The number of ether oxygens (including phenoxy) is 2. The van der Waals surface area contributed by atoms with E-state index in [2.05, 4.69) is 10.4 Å². The fraction of sp³-hybridized carbons (Fsp3) is 0.412. The molecule has 1 aliphatic rings. The van der Waals surface area contributed by atoms with Crippen molar-refractivity contribution in [2.75, 3.05) is 11.9 Å². The number of amides is 1. The molecule has 0 radical (unpaired) electrons. The number of aromatic nitrogens is 2. The Hall–Kier alpha value is -2.34. The summed E-state index contributed by atoms with van der Waals surface area (Å²) in [7, 11) is 0. The molecule has 3 rings (SSSR count). The molecule has 0 bridgehead atoms. The van der Waals surface area contributed by atoms with E-state index in [0.717, 1.165) is 19.4 Å². The molecule has 23 heavy (non-hydrogen) atoms. The minimum Gasteiger partial charge on any atom is -0.481 e. The van der Waals surface area contributed by atoms with E-state index >= 15 is 0 Å². The fourth-order valence-corrected chi connectivity index (χ4v) is 2.53. The maximum atomic E-state index is 12.2. The van der Waals surface area contributed by atoms with Gasteiger partial charge in [-0.15, -0.1) is 0 Å². The molecule has 6 heteroatoms. The molecule has 1 amide bonds. The van der Waals surface area contributed by atoms with Crippen LogP contribution in [-0.2, 0) is 16.1 Å². The normalized spacial score (nSPS) is 18.6. The van der Waals surface area contributed by atoms with Crippen LogP contribution in [0, 0.1) is 0 Å². The molecule has 1 N–H and O–H groups in total. The van der Waals surface area contributed by atoms with Gasteiger partial charge in [-0.2, -0.15) is 5.10 Å². The molecule has 0 aliphatic carbocycles. The maximum Gasteiger partial charge on any atom is 0.265 e. The molecule has 1 fully saturated rings. The largest absolute Gasteiger partial charge is 0.481 e. The second kappa shape index (κ2) is 7.28. The monoisotopic (exact) mass is 315 g/mol. The number of carbonyl (C=O) groups excluding carboxylic acids is 1. The van der Waals surface area contributed by atoms with Crippen molar-refractivity contribution < 1.29 is 14.3 Å². The molecule has 2 heterocycles. The standard InChI is InChI=1S/C17H21N3O3/c1-13(23-15-6-3-2-4-7-15)17(21)19-14-10-18-20(11-14)12-16-8-5-9-22-16/h2-4,6-7,10-11,13,16H,5,8-9,12H2,1H3,(H,19,21). The number of para-hydroxylation sites is 1. The van der Waals surface area contributed by atoms with Crippen LogP contribution in [0.3, 0.4) is 0 Å². The first kappa shape index (κ1) is 15.6. The van der Waals surface area contributed by atoms with Gasteiger partial charge < -0.3 is 14.8 Å². The molecule has 6 nitrogen and oxygen atoms in total. The van der Waals surface area contributed by atoms with Crippen molar-refractivity contribution in [3.63, 3.8) is 0 Å². The lowest BCUT2D eigenvalue weighted by molar-refractivity contribution is -0.122. The van der Waals surface area contributed by atoms with E-state index in [1.54, 1.807) is 17.8 Å². The van der Waals surface area contributed by atoms with Crippen molar-refractivity contribution in [1.29, 1.82) is 0 Å². The molecule has 1 saturated heterocycles. The van der Waals surface area contributed by atoms with E-state index in [0.29, 0.717) is 18.0 Å². The zero-order valence-electron chi connectivity index (χ0n) is 13.1. The highest BCUT2D eigenvalue weighted by Crippen LogP contribution is 2.16. The highest BCUT2D eigenvalue weighted by Gasteiger charge is 2.18. The minimum atomic E-state index is -0.584. The molecule has 122 valence electrons. The molecular formula is C17H21N3O3. The van der Waals surface area contributed by atoms with E-state index in [1.165, 1.54) is 0 Å². The van der Waals surface area contributed by atoms with Crippen LogP contribution in [0.1, 0.15) is 19.8 Å². The van der Waals surface area contributed by atoms with Crippen molar-refractivity contribution in [1.82, 2.24) is 9.78 Å². The Bertz CT molecular complexity index is 636. The van der Waals surface area contributed by atoms with Gasteiger partial charge in [0.05, 0.1) is 24.5 Å². The Morgan fingerprint density at radius 1 is 1.48 bits per heavy atom. The Kier molecular flexibility index (Phi) is 4.92. The van der Waals surface area contributed by atoms with E-state index in [9.17, 15) is 4.79 Å². The zero-order chi connectivity index (χ0) is 16.1.